The van der Waals surface area contributed by atoms with Crippen LogP contribution in [0.15, 0.2) is 35.3 Å². The summed E-state index contributed by atoms with van der Waals surface area (Å²) in [4.78, 5) is 47.4. The van der Waals surface area contributed by atoms with Gasteiger partial charge in [-0.3, -0.25) is 10.3 Å². The molecule has 1 aliphatic heterocycles. The van der Waals surface area contributed by atoms with Crippen LogP contribution in [0.3, 0.4) is 0 Å². The van der Waals surface area contributed by atoms with Gasteiger partial charge in [-0.2, -0.15) is 0 Å². The molecule has 3 N–H and O–H groups in total. The highest BCUT2D eigenvalue weighted by molar-refractivity contribution is 5.93. The van der Waals surface area contributed by atoms with Crippen molar-refractivity contribution >= 4 is 24.1 Å². The zero-order valence-electron chi connectivity index (χ0n) is 24.4. The topological polar surface area (TPSA) is 146 Å². The van der Waals surface area contributed by atoms with Gasteiger partial charge in [0.05, 0.1) is 0 Å². The first-order chi connectivity index (χ1) is 18.8. The molecule has 1 fully saturated rings. The lowest BCUT2D eigenvalue weighted by Crippen LogP contribution is -2.46. The molecule has 0 aliphatic carbocycles. The highest BCUT2D eigenvalue weighted by Gasteiger charge is 2.28. The van der Waals surface area contributed by atoms with E-state index in [0.29, 0.717) is 19.4 Å². The van der Waals surface area contributed by atoms with Crippen LogP contribution in [0.25, 0.3) is 0 Å². The van der Waals surface area contributed by atoms with E-state index in [0.717, 1.165) is 18.4 Å². The number of nitrogens with zero attached hydrogens (tertiary/aromatic N) is 1. The maximum absolute atomic E-state index is 12.8. The van der Waals surface area contributed by atoms with Gasteiger partial charge in [-0.25, -0.2) is 24.7 Å². The fourth-order valence-electron chi connectivity index (χ4n) is 3.44. The lowest BCUT2D eigenvalue weighted by molar-refractivity contribution is -0.183. The minimum absolute atomic E-state index is 0.0288. The van der Waals surface area contributed by atoms with Crippen molar-refractivity contribution in [1.29, 1.82) is 0 Å². The van der Waals surface area contributed by atoms with Gasteiger partial charge in [-0.15, -0.1) is 0 Å². The maximum Gasteiger partial charge on any atom is 0.414 e. The molecule has 1 aromatic rings. The predicted molar refractivity (Wildman–Crippen MR) is 148 cm³/mol. The third-order valence-electron chi connectivity index (χ3n) is 5.16. The summed E-state index contributed by atoms with van der Waals surface area (Å²) in [7, 11) is 0. The summed E-state index contributed by atoms with van der Waals surface area (Å²) < 4.78 is 21.6. The molecule has 1 aliphatic rings. The molecule has 1 heterocycles. The Bertz CT molecular complexity index is 967. The van der Waals surface area contributed by atoms with Crippen molar-refractivity contribution < 1.29 is 38.2 Å². The minimum atomic E-state index is -0.948. The number of guanidine groups is 1. The fraction of sp³-hybridized carbons (Fsp3) is 0.643. The van der Waals surface area contributed by atoms with Crippen molar-refractivity contribution in [3.8, 4) is 0 Å². The van der Waals surface area contributed by atoms with Crippen molar-refractivity contribution in [2.75, 3.05) is 13.2 Å². The summed E-state index contributed by atoms with van der Waals surface area (Å²) in [6, 6.07) is 8.32. The molecule has 0 radical (unpaired) electrons. The van der Waals surface area contributed by atoms with Gasteiger partial charge in [-0.05, 0) is 72.8 Å². The molecule has 0 saturated carbocycles. The average molecular weight is 565 g/mol. The third-order valence-corrected chi connectivity index (χ3v) is 5.16. The summed E-state index contributed by atoms with van der Waals surface area (Å²) in [5.74, 6) is -0.553. The van der Waals surface area contributed by atoms with Gasteiger partial charge in [0.25, 0.3) is 0 Å². The van der Waals surface area contributed by atoms with Crippen LogP contribution >= 0.6 is 0 Å². The van der Waals surface area contributed by atoms with Crippen LogP contribution in [0.5, 0.6) is 0 Å². The van der Waals surface area contributed by atoms with E-state index in [1.165, 1.54) is 0 Å². The standard InChI is InChI=1S/C28H44N4O8/c1-27(2,3)38-23(33)21(30-26(35)39-28(4,5)6)15-12-17-29-24(32-40-22-16-10-11-18-36-22)31-25(34)37-19-20-13-8-7-9-14-20/h7-9,13-14,21-22H,10-12,15-19H2,1-6H3,(H,30,35)(H2,29,31,32,34)/t21-,22?/m0/s1. The van der Waals surface area contributed by atoms with E-state index in [9.17, 15) is 14.4 Å². The molecule has 1 saturated heterocycles. The molecular formula is C28H44N4O8. The quantitative estimate of drug-likeness (QED) is 0.0944. The van der Waals surface area contributed by atoms with Crippen molar-refractivity contribution in [3.05, 3.63) is 35.9 Å². The molecule has 2 rings (SSSR count). The first-order valence-corrected chi connectivity index (χ1v) is 13.6. The number of benzene rings is 1. The molecule has 1 aromatic carbocycles. The number of carbonyl (C=O) groups is 3. The Kier molecular flexibility index (Phi) is 13.1. The van der Waals surface area contributed by atoms with Crippen LogP contribution in [0.4, 0.5) is 9.59 Å². The van der Waals surface area contributed by atoms with E-state index < -0.39 is 41.7 Å². The molecule has 12 heteroatoms. The fourth-order valence-corrected chi connectivity index (χ4v) is 3.44. The van der Waals surface area contributed by atoms with E-state index in [-0.39, 0.29) is 25.5 Å². The number of amides is 2. The number of hydrogen-bond donors (Lipinski definition) is 3. The molecule has 12 nitrogen and oxygen atoms in total. The van der Waals surface area contributed by atoms with Gasteiger partial charge in [0, 0.05) is 19.6 Å². The largest absolute Gasteiger partial charge is 0.458 e. The number of carbonyl (C=O) groups excluding carboxylic acids is 3. The molecule has 0 bridgehead atoms. The van der Waals surface area contributed by atoms with E-state index in [1.54, 1.807) is 41.5 Å². The molecular weight excluding hydrogens is 520 g/mol. The number of hydroxylamine groups is 1. The van der Waals surface area contributed by atoms with Crippen molar-refractivity contribution in [3.63, 3.8) is 0 Å². The number of hydrogen-bond acceptors (Lipinski definition) is 9. The first kappa shape index (κ1) is 32.8. The van der Waals surface area contributed by atoms with E-state index >= 15 is 0 Å². The molecule has 0 aromatic heterocycles. The van der Waals surface area contributed by atoms with Crippen LogP contribution in [0.1, 0.15) is 79.2 Å². The van der Waals surface area contributed by atoms with Crippen LogP contribution in [-0.2, 0) is 35.2 Å². The minimum Gasteiger partial charge on any atom is -0.458 e. The Morgan fingerprint density at radius 3 is 2.33 bits per heavy atom. The van der Waals surface area contributed by atoms with Crippen molar-refractivity contribution in [2.24, 2.45) is 4.99 Å². The average Bonchev–Trinajstić information content (AvgIpc) is 2.86. The smallest absolute Gasteiger partial charge is 0.414 e. The number of esters is 1. The number of aliphatic imine (C=N–C) groups is 1. The van der Waals surface area contributed by atoms with Gasteiger partial charge >= 0.3 is 18.2 Å². The zero-order chi connectivity index (χ0) is 29.6. The Labute approximate surface area is 236 Å². The Morgan fingerprint density at radius 1 is 1.00 bits per heavy atom. The molecule has 40 heavy (non-hydrogen) atoms. The molecule has 2 amide bonds. The van der Waals surface area contributed by atoms with Gasteiger partial charge in [-0.1, -0.05) is 30.3 Å². The summed E-state index contributed by atoms with van der Waals surface area (Å²) in [5, 5.41) is 5.13. The summed E-state index contributed by atoms with van der Waals surface area (Å²) >= 11 is 0. The molecule has 0 spiro atoms. The lowest BCUT2D eigenvalue weighted by atomic mass is 10.1. The van der Waals surface area contributed by atoms with Gasteiger partial charge in [0.2, 0.25) is 5.96 Å². The second kappa shape index (κ2) is 16.0. The Hall–Kier alpha value is -3.38. The van der Waals surface area contributed by atoms with Crippen molar-refractivity contribution in [1.82, 2.24) is 16.1 Å². The molecule has 1 unspecified atom stereocenters. The summed E-state index contributed by atoms with van der Waals surface area (Å²) in [5.41, 5.74) is 2.03. The van der Waals surface area contributed by atoms with Crippen LogP contribution in [0.2, 0.25) is 0 Å². The van der Waals surface area contributed by atoms with Crippen molar-refractivity contribution in [2.45, 2.75) is 104 Å². The highest BCUT2D eigenvalue weighted by Crippen LogP contribution is 2.14. The molecule has 2 atom stereocenters. The summed E-state index contributed by atoms with van der Waals surface area (Å²) in [6.45, 7) is 11.3. The second-order valence-electron chi connectivity index (χ2n) is 11.3. The first-order valence-electron chi connectivity index (χ1n) is 13.6. The monoisotopic (exact) mass is 564 g/mol. The maximum atomic E-state index is 12.8. The van der Waals surface area contributed by atoms with Gasteiger partial charge in [0.15, 0.2) is 6.29 Å². The Balaban J connectivity index is 1.99. The SMILES string of the molecule is CC(C)(C)OC(=O)N[C@@H](CCCN=C(NOC1CCCCO1)NC(=O)OCc1ccccc1)C(=O)OC(C)(C)C. The normalized spacial score (nSPS) is 16.9. The highest BCUT2D eigenvalue weighted by atomic mass is 16.8. The van der Waals surface area contributed by atoms with E-state index in [1.807, 2.05) is 30.3 Å². The third kappa shape index (κ3) is 14.7. The van der Waals surface area contributed by atoms with E-state index in [2.05, 4.69) is 21.1 Å². The number of rotatable bonds is 10. The Morgan fingerprint density at radius 2 is 1.70 bits per heavy atom. The lowest BCUT2D eigenvalue weighted by Gasteiger charge is -2.26. The number of ether oxygens (including phenoxy) is 4. The van der Waals surface area contributed by atoms with Crippen LogP contribution < -0.4 is 16.1 Å². The van der Waals surface area contributed by atoms with E-state index in [4.69, 9.17) is 23.8 Å². The van der Waals surface area contributed by atoms with Crippen LogP contribution in [0, 0.1) is 0 Å². The predicted octanol–water partition coefficient (Wildman–Crippen LogP) is 4.33. The number of alkyl carbamates (subject to hydrolysis) is 2. The number of nitrogens with one attached hydrogen (secondary N) is 3. The van der Waals surface area contributed by atoms with Crippen LogP contribution in [-0.4, -0.2) is 60.8 Å². The van der Waals surface area contributed by atoms with Gasteiger partial charge in [0.1, 0.15) is 23.9 Å². The van der Waals surface area contributed by atoms with Gasteiger partial charge < -0.3 is 24.3 Å². The molecule has 224 valence electrons. The second-order valence-corrected chi connectivity index (χ2v) is 11.3. The summed E-state index contributed by atoms with van der Waals surface area (Å²) in [6.07, 6.45) is 1.28. The zero-order valence-corrected chi connectivity index (χ0v) is 24.4.